The molecule has 0 aliphatic carbocycles. The fourth-order valence-corrected chi connectivity index (χ4v) is 2.07. The van der Waals surface area contributed by atoms with Crippen LogP contribution in [0.4, 0.5) is 0 Å². The lowest BCUT2D eigenvalue weighted by atomic mass is 10.2. The fraction of sp³-hybridized carbons (Fsp3) is 0.364. The van der Waals surface area contributed by atoms with Crippen LogP contribution in [0.15, 0.2) is 18.2 Å². The molecule has 2 nitrogen and oxygen atoms in total. The van der Waals surface area contributed by atoms with Gasteiger partial charge in [0.1, 0.15) is 12.0 Å². The number of hydrogen-bond acceptors (Lipinski definition) is 3. The van der Waals surface area contributed by atoms with Crippen molar-refractivity contribution >= 4 is 40.6 Å². The largest absolute Gasteiger partial charge is 0.507 e. The maximum atomic E-state index is 10.7. The Hall–Kier alpha value is -0.230. The summed E-state index contributed by atoms with van der Waals surface area (Å²) in [6.45, 7) is 3.77. The molecule has 0 spiro atoms. The van der Waals surface area contributed by atoms with Gasteiger partial charge >= 0.3 is 0 Å². The normalized spacial score (nSPS) is 11.4. The van der Waals surface area contributed by atoms with Crippen molar-refractivity contribution in [3.8, 4) is 5.75 Å². The third-order valence-electron chi connectivity index (χ3n) is 1.91. The van der Waals surface area contributed by atoms with Crippen molar-refractivity contribution in [2.75, 3.05) is 0 Å². The van der Waals surface area contributed by atoms with E-state index in [1.165, 1.54) is 0 Å². The Morgan fingerprint density at radius 1 is 1.53 bits per heavy atom. The molecule has 0 amide bonds. The van der Waals surface area contributed by atoms with E-state index in [-0.39, 0.29) is 4.75 Å². The number of halogens is 1. The quantitative estimate of drug-likeness (QED) is 0.678. The molecular weight excluding hydrogens is 323 g/mol. The molecule has 0 aromatic heterocycles. The molecule has 1 aromatic carbocycles. The van der Waals surface area contributed by atoms with E-state index in [4.69, 9.17) is 0 Å². The summed E-state index contributed by atoms with van der Waals surface area (Å²) in [5.41, 5.74) is 1.04. The lowest BCUT2D eigenvalue weighted by Crippen LogP contribution is -2.16. The smallest absolute Gasteiger partial charge is 0.135 e. The van der Waals surface area contributed by atoms with Crippen molar-refractivity contribution in [2.45, 2.75) is 24.3 Å². The Morgan fingerprint density at radius 2 is 2.20 bits per heavy atom. The van der Waals surface area contributed by atoms with E-state index in [2.05, 4.69) is 22.6 Å². The van der Waals surface area contributed by atoms with Crippen LogP contribution in [0, 0.1) is 3.57 Å². The molecule has 1 N–H and O–H groups in total. The zero-order valence-electron chi connectivity index (χ0n) is 8.66. The highest BCUT2D eigenvalue weighted by molar-refractivity contribution is 14.1. The van der Waals surface area contributed by atoms with Gasteiger partial charge in [0.2, 0.25) is 0 Å². The van der Waals surface area contributed by atoms with Gasteiger partial charge in [-0.2, -0.15) is 0 Å². The molecule has 0 radical (unpaired) electrons. The maximum absolute atomic E-state index is 10.7. The van der Waals surface area contributed by atoms with E-state index in [0.29, 0.717) is 5.75 Å². The number of rotatable bonds is 4. The van der Waals surface area contributed by atoms with Crippen LogP contribution in [-0.4, -0.2) is 16.1 Å². The van der Waals surface area contributed by atoms with Crippen LogP contribution < -0.4 is 0 Å². The van der Waals surface area contributed by atoms with Gasteiger partial charge in [-0.3, -0.25) is 0 Å². The molecule has 0 unspecified atom stereocenters. The van der Waals surface area contributed by atoms with Crippen molar-refractivity contribution in [3.05, 3.63) is 27.3 Å². The minimum atomic E-state index is -0.362. The first kappa shape index (κ1) is 12.8. The van der Waals surface area contributed by atoms with Gasteiger partial charge in [-0.25, -0.2) is 0 Å². The first-order chi connectivity index (χ1) is 6.94. The summed E-state index contributed by atoms with van der Waals surface area (Å²) in [6, 6.07) is 5.59. The van der Waals surface area contributed by atoms with Crippen molar-refractivity contribution in [2.24, 2.45) is 0 Å². The molecule has 0 aliphatic rings. The molecule has 1 aromatic rings. The predicted octanol–water partition coefficient (Wildman–Crippen LogP) is 3.21. The molecule has 0 heterocycles. The molecule has 0 bridgehead atoms. The van der Waals surface area contributed by atoms with Gasteiger partial charge in [0.15, 0.2) is 0 Å². The molecule has 0 atom stereocenters. The van der Waals surface area contributed by atoms with Gasteiger partial charge in [0, 0.05) is 5.75 Å². The van der Waals surface area contributed by atoms with E-state index in [0.717, 1.165) is 21.2 Å². The number of aromatic hydroxyl groups is 1. The first-order valence-corrected chi connectivity index (χ1v) is 6.59. The molecule has 0 saturated carbocycles. The molecule has 0 aliphatic heterocycles. The average Bonchev–Trinajstić information content (AvgIpc) is 2.20. The van der Waals surface area contributed by atoms with Crippen molar-refractivity contribution < 1.29 is 9.90 Å². The van der Waals surface area contributed by atoms with E-state index in [1.807, 2.05) is 26.0 Å². The van der Waals surface area contributed by atoms with Crippen molar-refractivity contribution in [1.82, 2.24) is 0 Å². The van der Waals surface area contributed by atoms with E-state index >= 15 is 0 Å². The minimum Gasteiger partial charge on any atom is -0.507 e. The lowest BCUT2D eigenvalue weighted by Gasteiger charge is -2.15. The lowest BCUT2D eigenvalue weighted by molar-refractivity contribution is -0.109. The second kappa shape index (κ2) is 5.21. The van der Waals surface area contributed by atoms with Gasteiger partial charge in [-0.15, -0.1) is 11.8 Å². The molecule has 1 rings (SSSR count). The molecule has 0 fully saturated rings. The number of aldehydes is 1. The average molecular weight is 336 g/mol. The molecule has 0 saturated heterocycles. The van der Waals surface area contributed by atoms with Gasteiger partial charge < -0.3 is 9.90 Å². The molecular formula is C11H13IO2S. The second-order valence-electron chi connectivity index (χ2n) is 3.80. The van der Waals surface area contributed by atoms with Crippen LogP contribution in [-0.2, 0) is 10.5 Å². The van der Waals surface area contributed by atoms with E-state index in [9.17, 15) is 9.90 Å². The van der Waals surface area contributed by atoms with Crippen LogP contribution in [0.2, 0.25) is 0 Å². The summed E-state index contributed by atoms with van der Waals surface area (Å²) >= 11 is 3.64. The summed E-state index contributed by atoms with van der Waals surface area (Å²) in [5.74, 6) is 1.04. The van der Waals surface area contributed by atoms with Crippen LogP contribution in [0.5, 0.6) is 5.75 Å². The number of hydrogen-bond donors (Lipinski definition) is 1. The summed E-state index contributed by atoms with van der Waals surface area (Å²) in [4.78, 5) is 10.7. The van der Waals surface area contributed by atoms with Crippen LogP contribution >= 0.6 is 34.4 Å². The highest BCUT2D eigenvalue weighted by atomic mass is 127. The van der Waals surface area contributed by atoms with Gasteiger partial charge in [-0.05, 0) is 54.1 Å². The predicted molar refractivity (Wildman–Crippen MR) is 72.3 cm³/mol. The summed E-state index contributed by atoms with van der Waals surface area (Å²) in [7, 11) is 0. The van der Waals surface area contributed by atoms with Gasteiger partial charge in [-0.1, -0.05) is 6.07 Å². The third-order valence-corrected chi connectivity index (χ3v) is 4.14. The highest BCUT2D eigenvalue weighted by Crippen LogP contribution is 2.28. The Kier molecular flexibility index (Phi) is 4.45. The Labute approximate surface area is 108 Å². The topological polar surface area (TPSA) is 37.3 Å². The summed E-state index contributed by atoms with van der Waals surface area (Å²) < 4.78 is 0.481. The summed E-state index contributed by atoms with van der Waals surface area (Å²) in [5, 5.41) is 9.50. The Balaban J connectivity index is 2.66. The van der Waals surface area contributed by atoms with Gasteiger partial charge in [0.25, 0.3) is 0 Å². The minimum absolute atomic E-state index is 0.303. The number of phenols is 1. The van der Waals surface area contributed by atoms with Crippen LogP contribution in [0.1, 0.15) is 19.4 Å². The first-order valence-electron chi connectivity index (χ1n) is 4.52. The zero-order valence-corrected chi connectivity index (χ0v) is 11.6. The maximum Gasteiger partial charge on any atom is 0.135 e. The van der Waals surface area contributed by atoms with E-state index in [1.54, 1.807) is 17.8 Å². The molecule has 4 heteroatoms. The number of carbonyl (C=O) groups is 1. The van der Waals surface area contributed by atoms with Gasteiger partial charge in [0.05, 0.1) is 8.32 Å². The second-order valence-corrected chi connectivity index (χ2v) is 6.59. The number of carbonyl (C=O) groups excluding carboxylic acids is 1. The third kappa shape index (κ3) is 4.03. The standard InChI is InChI=1S/C11H13IO2S/c1-11(2,7-13)15-6-8-3-4-9(12)10(14)5-8/h3-5,7,14H,6H2,1-2H3. The van der Waals surface area contributed by atoms with Crippen molar-refractivity contribution in [1.29, 1.82) is 0 Å². The van der Waals surface area contributed by atoms with Crippen molar-refractivity contribution in [3.63, 3.8) is 0 Å². The Morgan fingerprint density at radius 3 is 2.73 bits per heavy atom. The number of benzene rings is 1. The molecule has 82 valence electrons. The molecule has 15 heavy (non-hydrogen) atoms. The summed E-state index contributed by atoms with van der Waals surface area (Å²) in [6.07, 6.45) is 0.949. The van der Waals surface area contributed by atoms with Crippen LogP contribution in [0.25, 0.3) is 0 Å². The van der Waals surface area contributed by atoms with E-state index < -0.39 is 0 Å². The fourth-order valence-electron chi connectivity index (χ4n) is 0.951. The van der Waals surface area contributed by atoms with Crippen LogP contribution in [0.3, 0.4) is 0 Å². The zero-order chi connectivity index (χ0) is 11.5. The highest BCUT2D eigenvalue weighted by Gasteiger charge is 2.16. The SMILES string of the molecule is CC(C)(C=O)SCc1ccc(I)c(O)c1. The Bertz CT molecular complexity index is 364. The number of thioether (sulfide) groups is 1. The number of phenolic OH excluding ortho intramolecular Hbond substituents is 1. The monoisotopic (exact) mass is 336 g/mol.